The summed E-state index contributed by atoms with van der Waals surface area (Å²) in [6.45, 7) is 8.07. The average molecular weight is 460 g/mol. The maximum atomic E-state index is 12.5. The number of hydrogen-bond donors (Lipinski definition) is 0. The first-order valence-electron chi connectivity index (χ1n) is 10.4. The number of esters is 1. The largest absolute Gasteiger partial charge is 0.465 e. The second-order valence-electron chi connectivity index (χ2n) is 8.16. The third-order valence-electron chi connectivity index (χ3n) is 5.87. The lowest BCUT2D eigenvalue weighted by Gasteiger charge is -2.35. The maximum Gasteiger partial charge on any atom is 0.325 e. The number of anilines is 1. The lowest BCUT2D eigenvalue weighted by molar-refractivity contribution is -0.155. The molecule has 31 heavy (non-hydrogen) atoms. The first kappa shape index (κ1) is 23.4. The SMILES string of the molecule is CCOC(=O)C(C)(C)N1CCC(N(Cc2ccccc2Cl)c2ccc(C#N)c(Cl)c2)C1. The van der Waals surface area contributed by atoms with Crippen molar-refractivity contribution in [1.29, 1.82) is 5.26 Å². The van der Waals surface area contributed by atoms with Crippen LogP contribution >= 0.6 is 23.2 Å². The van der Waals surface area contributed by atoms with Crippen LogP contribution < -0.4 is 4.90 Å². The van der Waals surface area contributed by atoms with E-state index >= 15 is 0 Å². The van der Waals surface area contributed by atoms with Crippen molar-refractivity contribution in [2.24, 2.45) is 0 Å². The topological polar surface area (TPSA) is 56.6 Å². The molecule has 2 aromatic carbocycles. The number of hydrogen-bond acceptors (Lipinski definition) is 5. The second-order valence-corrected chi connectivity index (χ2v) is 8.98. The number of benzene rings is 2. The Labute approximate surface area is 194 Å². The van der Waals surface area contributed by atoms with E-state index in [9.17, 15) is 10.1 Å². The van der Waals surface area contributed by atoms with Crippen LogP contribution in [0.15, 0.2) is 42.5 Å². The summed E-state index contributed by atoms with van der Waals surface area (Å²) < 4.78 is 5.29. The Balaban J connectivity index is 1.90. The van der Waals surface area contributed by atoms with Gasteiger partial charge in [0.15, 0.2) is 0 Å². The average Bonchev–Trinajstić information content (AvgIpc) is 3.24. The fraction of sp³-hybridized carbons (Fsp3) is 0.417. The molecule has 1 fully saturated rings. The third-order valence-corrected chi connectivity index (χ3v) is 6.55. The van der Waals surface area contributed by atoms with Crippen molar-refractivity contribution >= 4 is 34.9 Å². The summed E-state index contributed by atoms with van der Waals surface area (Å²) in [5.41, 5.74) is 1.67. The molecule has 0 bridgehead atoms. The summed E-state index contributed by atoms with van der Waals surface area (Å²) in [5, 5.41) is 10.4. The van der Waals surface area contributed by atoms with E-state index < -0.39 is 5.54 Å². The molecule has 7 heteroatoms. The molecule has 0 saturated carbocycles. The molecule has 0 radical (unpaired) electrons. The zero-order valence-corrected chi connectivity index (χ0v) is 19.6. The third kappa shape index (κ3) is 5.15. The molecule has 0 spiro atoms. The van der Waals surface area contributed by atoms with Crippen LogP contribution in [0.1, 0.15) is 38.3 Å². The molecule has 0 N–H and O–H groups in total. The molecule has 1 aliphatic heterocycles. The first-order valence-corrected chi connectivity index (χ1v) is 11.2. The zero-order valence-electron chi connectivity index (χ0n) is 18.1. The van der Waals surface area contributed by atoms with E-state index in [2.05, 4.69) is 15.9 Å². The van der Waals surface area contributed by atoms with Crippen molar-refractivity contribution in [2.75, 3.05) is 24.6 Å². The molecule has 3 rings (SSSR count). The molecule has 1 saturated heterocycles. The highest BCUT2D eigenvalue weighted by Gasteiger charge is 2.41. The molecule has 1 unspecified atom stereocenters. The van der Waals surface area contributed by atoms with Gasteiger partial charge >= 0.3 is 5.97 Å². The van der Waals surface area contributed by atoms with Crippen molar-refractivity contribution < 1.29 is 9.53 Å². The van der Waals surface area contributed by atoms with E-state index in [1.165, 1.54) is 0 Å². The predicted molar refractivity (Wildman–Crippen MR) is 124 cm³/mol. The van der Waals surface area contributed by atoms with Gasteiger partial charge in [-0.25, -0.2) is 0 Å². The molecule has 1 aliphatic rings. The highest BCUT2D eigenvalue weighted by Crippen LogP contribution is 2.32. The number of carbonyl (C=O) groups excluding carboxylic acids is 1. The molecular formula is C24H27Cl2N3O2. The summed E-state index contributed by atoms with van der Waals surface area (Å²) in [4.78, 5) is 16.9. The van der Waals surface area contributed by atoms with Crippen LogP contribution in [0.25, 0.3) is 0 Å². The van der Waals surface area contributed by atoms with Gasteiger partial charge in [-0.3, -0.25) is 9.69 Å². The minimum atomic E-state index is -0.705. The monoisotopic (exact) mass is 459 g/mol. The van der Waals surface area contributed by atoms with Crippen LogP contribution in [-0.4, -0.2) is 42.1 Å². The Hall–Kier alpha value is -2.26. The lowest BCUT2D eigenvalue weighted by Crippen LogP contribution is -2.51. The van der Waals surface area contributed by atoms with Crippen molar-refractivity contribution in [1.82, 2.24) is 4.90 Å². The van der Waals surface area contributed by atoms with Crippen LogP contribution in [-0.2, 0) is 16.1 Å². The quantitative estimate of drug-likeness (QED) is 0.526. The number of nitriles is 1. The summed E-state index contributed by atoms with van der Waals surface area (Å²) in [6, 6.07) is 15.5. The van der Waals surface area contributed by atoms with Crippen LogP contribution in [0.4, 0.5) is 5.69 Å². The van der Waals surface area contributed by atoms with E-state index in [0.717, 1.165) is 24.2 Å². The Kier molecular flexibility index (Phi) is 7.48. The normalized spacial score (nSPS) is 16.7. The van der Waals surface area contributed by atoms with Crippen LogP contribution in [0, 0.1) is 11.3 Å². The molecule has 0 amide bonds. The molecule has 0 aromatic heterocycles. The van der Waals surface area contributed by atoms with Gasteiger partial charge in [-0.2, -0.15) is 5.26 Å². The van der Waals surface area contributed by atoms with Gasteiger partial charge < -0.3 is 9.64 Å². The highest BCUT2D eigenvalue weighted by atomic mass is 35.5. The fourth-order valence-electron chi connectivity index (χ4n) is 3.96. The number of halogens is 2. The molecule has 1 atom stereocenters. The number of likely N-dealkylation sites (tertiary alicyclic amines) is 1. The minimum Gasteiger partial charge on any atom is -0.465 e. The number of ether oxygens (including phenoxy) is 1. The second kappa shape index (κ2) is 9.91. The maximum absolute atomic E-state index is 12.5. The minimum absolute atomic E-state index is 0.147. The lowest BCUT2D eigenvalue weighted by atomic mass is 10.0. The van der Waals surface area contributed by atoms with Gasteiger partial charge in [0.1, 0.15) is 11.6 Å². The van der Waals surface area contributed by atoms with Gasteiger partial charge in [-0.1, -0.05) is 41.4 Å². The summed E-state index contributed by atoms with van der Waals surface area (Å²) >= 11 is 12.8. The number of rotatable bonds is 7. The summed E-state index contributed by atoms with van der Waals surface area (Å²) in [5.74, 6) is -0.213. The summed E-state index contributed by atoms with van der Waals surface area (Å²) in [7, 11) is 0. The van der Waals surface area contributed by atoms with Gasteiger partial charge in [0, 0.05) is 36.4 Å². The summed E-state index contributed by atoms with van der Waals surface area (Å²) in [6.07, 6.45) is 0.880. The zero-order chi connectivity index (χ0) is 22.6. The molecule has 0 aliphatic carbocycles. The Morgan fingerprint density at radius 3 is 2.65 bits per heavy atom. The number of carbonyl (C=O) groups is 1. The Morgan fingerprint density at radius 2 is 2.00 bits per heavy atom. The van der Waals surface area contributed by atoms with Crippen molar-refractivity contribution in [3.63, 3.8) is 0 Å². The van der Waals surface area contributed by atoms with E-state index in [0.29, 0.717) is 35.3 Å². The van der Waals surface area contributed by atoms with Crippen LogP contribution in [0.3, 0.4) is 0 Å². The van der Waals surface area contributed by atoms with Crippen molar-refractivity contribution in [2.45, 2.75) is 45.3 Å². The van der Waals surface area contributed by atoms with Gasteiger partial charge in [-0.05, 0) is 57.0 Å². The Bertz CT molecular complexity index is 987. The van der Waals surface area contributed by atoms with Gasteiger partial charge in [0.2, 0.25) is 0 Å². The van der Waals surface area contributed by atoms with Crippen LogP contribution in [0.5, 0.6) is 0 Å². The standard InChI is InChI=1S/C24H27Cl2N3O2/c1-4-31-23(30)24(2,3)28-12-11-20(16-28)29(15-18-7-5-6-8-21(18)25)19-10-9-17(14-27)22(26)13-19/h5-10,13,20H,4,11-12,15-16H2,1-3H3. The molecule has 1 heterocycles. The molecule has 2 aromatic rings. The van der Waals surface area contributed by atoms with Gasteiger partial charge in [-0.15, -0.1) is 0 Å². The first-order chi connectivity index (χ1) is 14.8. The van der Waals surface area contributed by atoms with E-state index in [1.54, 1.807) is 6.07 Å². The fourth-order valence-corrected chi connectivity index (χ4v) is 4.37. The Morgan fingerprint density at radius 1 is 1.26 bits per heavy atom. The number of nitrogens with zero attached hydrogens (tertiary/aromatic N) is 3. The van der Waals surface area contributed by atoms with E-state index in [1.807, 2.05) is 57.2 Å². The van der Waals surface area contributed by atoms with E-state index in [4.69, 9.17) is 27.9 Å². The smallest absolute Gasteiger partial charge is 0.325 e. The highest BCUT2D eigenvalue weighted by molar-refractivity contribution is 6.32. The molecule has 5 nitrogen and oxygen atoms in total. The predicted octanol–water partition coefficient (Wildman–Crippen LogP) is 5.29. The molecular weight excluding hydrogens is 433 g/mol. The van der Waals surface area contributed by atoms with Gasteiger partial charge in [0.05, 0.1) is 17.2 Å². The van der Waals surface area contributed by atoms with Crippen molar-refractivity contribution in [3.05, 3.63) is 63.6 Å². The van der Waals surface area contributed by atoms with Crippen molar-refractivity contribution in [3.8, 4) is 6.07 Å². The van der Waals surface area contributed by atoms with E-state index in [-0.39, 0.29) is 12.0 Å². The van der Waals surface area contributed by atoms with Gasteiger partial charge in [0.25, 0.3) is 0 Å². The molecule has 164 valence electrons. The van der Waals surface area contributed by atoms with Crippen LogP contribution in [0.2, 0.25) is 10.0 Å².